The number of carbonyl (C=O) groups excluding carboxylic acids is 1. The molecule has 0 radical (unpaired) electrons. The van der Waals surface area contributed by atoms with Crippen molar-refractivity contribution in [3.8, 4) is 6.07 Å². The molecule has 3 aliphatic heterocycles. The van der Waals surface area contributed by atoms with E-state index in [2.05, 4.69) is 31.2 Å². The molecule has 13 nitrogen and oxygen atoms in total. The minimum absolute atomic E-state index is 0.0680. The van der Waals surface area contributed by atoms with Crippen LogP contribution in [-0.2, 0) is 0 Å². The first-order chi connectivity index (χ1) is 17.9. The maximum atomic E-state index is 12.5. The third kappa shape index (κ3) is 5.13. The van der Waals surface area contributed by atoms with Crippen LogP contribution in [0, 0.1) is 11.3 Å². The van der Waals surface area contributed by atoms with Crippen LogP contribution in [0.1, 0.15) is 18.5 Å². The van der Waals surface area contributed by atoms with Gasteiger partial charge in [-0.15, -0.1) is 0 Å². The van der Waals surface area contributed by atoms with Crippen LogP contribution in [0.15, 0.2) is 24.5 Å². The van der Waals surface area contributed by atoms with Gasteiger partial charge in [-0.1, -0.05) is 0 Å². The molecule has 37 heavy (non-hydrogen) atoms. The molecule has 0 aromatic carbocycles. The van der Waals surface area contributed by atoms with Gasteiger partial charge < -0.3 is 34.9 Å². The molecule has 0 bridgehead atoms. The van der Waals surface area contributed by atoms with Crippen LogP contribution < -0.4 is 15.1 Å². The summed E-state index contributed by atoms with van der Waals surface area (Å²) in [4.78, 5) is 46.4. The van der Waals surface area contributed by atoms with Crippen molar-refractivity contribution in [1.82, 2.24) is 29.7 Å². The summed E-state index contributed by atoms with van der Waals surface area (Å²) in [6.45, 7) is 5.04. The maximum Gasteiger partial charge on any atom is 0.407 e. The molecule has 0 unspecified atom stereocenters. The van der Waals surface area contributed by atoms with E-state index in [0.29, 0.717) is 50.2 Å². The van der Waals surface area contributed by atoms with E-state index in [0.717, 1.165) is 38.2 Å². The summed E-state index contributed by atoms with van der Waals surface area (Å²) in [5.41, 5.74) is 1.07. The smallest absolute Gasteiger partial charge is 0.407 e. The van der Waals surface area contributed by atoms with Crippen molar-refractivity contribution in [2.75, 3.05) is 74.5 Å². The number of nitrogens with one attached hydrogen (secondary N) is 1. The lowest BCUT2D eigenvalue weighted by atomic mass is 10.0. The topological polar surface area (TPSA) is 145 Å². The highest BCUT2D eigenvalue weighted by Crippen LogP contribution is 2.26. The lowest BCUT2D eigenvalue weighted by Crippen LogP contribution is -2.49. The van der Waals surface area contributed by atoms with Gasteiger partial charge in [0.2, 0.25) is 0 Å². The second-order valence-corrected chi connectivity index (χ2v) is 9.46. The predicted octanol–water partition coefficient (Wildman–Crippen LogP) is 1.62. The molecule has 5 heterocycles. The predicted molar refractivity (Wildman–Crippen MR) is 136 cm³/mol. The van der Waals surface area contributed by atoms with E-state index < -0.39 is 6.09 Å². The number of nitrogens with zero attached hydrogens (tertiary/aromatic N) is 9. The van der Waals surface area contributed by atoms with Crippen LogP contribution in [0.2, 0.25) is 0 Å². The molecule has 194 valence electrons. The van der Waals surface area contributed by atoms with E-state index in [1.165, 1.54) is 4.90 Å². The summed E-state index contributed by atoms with van der Waals surface area (Å²) in [6, 6.07) is 5.99. The third-order valence-electron chi connectivity index (χ3n) is 7.19. The number of nitriles is 1. The van der Waals surface area contributed by atoms with E-state index in [9.17, 15) is 14.9 Å². The van der Waals surface area contributed by atoms with Gasteiger partial charge >= 0.3 is 12.1 Å². The Bertz CT molecular complexity index is 1190. The summed E-state index contributed by atoms with van der Waals surface area (Å²) in [5.74, 6) is 1.51. The van der Waals surface area contributed by atoms with Crippen LogP contribution in [0.5, 0.6) is 0 Å². The third-order valence-corrected chi connectivity index (χ3v) is 7.19. The number of hydrogen-bond acceptors (Lipinski definition) is 9. The molecule has 2 aromatic heterocycles. The zero-order valence-electron chi connectivity index (χ0n) is 20.7. The number of pyridine rings is 1. The molecule has 2 aromatic rings. The number of hydrogen-bond donors (Lipinski definition) is 2. The van der Waals surface area contributed by atoms with Gasteiger partial charge in [0.1, 0.15) is 17.7 Å². The Hall–Kier alpha value is -4.34. The van der Waals surface area contributed by atoms with E-state index in [1.807, 2.05) is 18.0 Å². The lowest BCUT2D eigenvalue weighted by molar-refractivity contribution is 0.142. The molecule has 13 heteroatoms. The molecule has 3 saturated heterocycles. The molecule has 2 N–H and O–H groups in total. The molecular weight excluding hydrogens is 476 g/mol. The SMILES string of the molecule is CN1CCN([C@@H]2CCCN(c3cnc(C#N)c(Nc4ccc(N5CCN(C(=O)O)CC5)cn4)n3)C2)C1=O. The van der Waals surface area contributed by atoms with Crippen LogP contribution in [0.3, 0.4) is 0 Å². The van der Waals surface area contributed by atoms with Crippen molar-refractivity contribution < 1.29 is 14.7 Å². The lowest BCUT2D eigenvalue weighted by Gasteiger charge is -2.37. The highest BCUT2D eigenvalue weighted by atomic mass is 16.4. The second kappa shape index (κ2) is 10.3. The van der Waals surface area contributed by atoms with E-state index in [1.54, 1.807) is 23.4 Å². The number of piperazine rings is 1. The fourth-order valence-electron chi connectivity index (χ4n) is 5.05. The van der Waals surface area contributed by atoms with Crippen molar-refractivity contribution in [3.63, 3.8) is 0 Å². The average Bonchev–Trinajstić information content (AvgIpc) is 3.27. The molecular formula is C24H30N10O3. The molecule has 3 aliphatic rings. The highest BCUT2D eigenvalue weighted by molar-refractivity contribution is 5.76. The minimum atomic E-state index is -0.897. The zero-order chi connectivity index (χ0) is 25.9. The Balaban J connectivity index is 1.27. The minimum Gasteiger partial charge on any atom is -0.465 e. The van der Waals surface area contributed by atoms with Crippen LogP contribution in [0.25, 0.3) is 0 Å². The Morgan fingerprint density at radius 2 is 1.89 bits per heavy atom. The highest BCUT2D eigenvalue weighted by Gasteiger charge is 2.34. The number of anilines is 4. The zero-order valence-corrected chi connectivity index (χ0v) is 20.7. The van der Waals surface area contributed by atoms with E-state index >= 15 is 0 Å². The van der Waals surface area contributed by atoms with E-state index in [-0.39, 0.29) is 17.8 Å². The standard InChI is InChI=1S/C24H30N10O3/c1-30-7-12-34(23(30)35)18-3-2-6-33(16-18)21-15-26-19(13-25)22(29-21)28-20-5-4-17(14-27-20)31-8-10-32(11-9-31)24(36)37/h4-5,14-15,18H,2-3,6-12,16H2,1H3,(H,36,37)(H,27,28,29)/t18-/m1/s1. The number of carbonyl (C=O) groups is 2. The average molecular weight is 507 g/mol. The Labute approximate surface area is 214 Å². The number of piperidine rings is 1. The van der Waals surface area contributed by atoms with Gasteiger partial charge in [0, 0.05) is 59.4 Å². The van der Waals surface area contributed by atoms with Crippen molar-refractivity contribution in [1.29, 1.82) is 5.26 Å². The Morgan fingerprint density at radius 1 is 1.08 bits per heavy atom. The summed E-state index contributed by atoms with van der Waals surface area (Å²) >= 11 is 0. The Kier molecular flexibility index (Phi) is 6.80. The molecule has 0 saturated carbocycles. The summed E-state index contributed by atoms with van der Waals surface area (Å²) < 4.78 is 0. The number of amides is 3. The largest absolute Gasteiger partial charge is 0.465 e. The fourth-order valence-corrected chi connectivity index (χ4v) is 5.05. The molecule has 3 fully saturated rings. The summed E-state index contributed by atoms with van der Waals surface area (Å²) in [5, 5.41) is 21.8. The van der Waals surface area contributed by atoms with E-state index in [4.69, 9.17) is 10.1 Å². The molecule has 5 rings (SSSR count). The first-order valence-electron chi connectivity index (χ1n) is 12.4. The van der Waals surface area contributed by atoms with Crippen molar-refractivity contribution in [2.24, 2.45) is 0 Å². The molecule has 3 amide bonds. The summed E-state index contributed by atoms with van der Waals surface area (Å²) in [7, 11) is 1.83. The number of likely N-dealkylation sites (N-methyl/N-ethyl adjacent to an activating group) is 1. The van der Waals surface area contributed by atoms with Gasteiger partial charge in [0.25, 0.3) is 0 Å². The van der Waals surface area contributed by atoms with Gasteiger partial charge in [-0.05, 0) is 25.0 Å². The van der Waals surface area contributed by atoms with Gasteiger partial charge in [-0.3, -0.25) is 0 Å². The van der Waals surface area contributed by atoms with Gasteiger partial charge in [-0.25, -0.2) is 24.5 Å². The summed E-state index contributed by atoms with van der Waals surface area (Å²) in [6.07, 6.45) is 4.32. The molecule has 1 atom stereocenters. The first kappa shape index (κ1) is 24.4. The Morgan fingerprint density at radius 3 is 2.54 bits per heavy atom. The first-order valence-corrected chi connectivity index (χ1v) is 12.4. The normalized spacial score (nSPS) is 20.3. The number of rotatable bonds is 5. The molecule has 0 aliphatic carbocycles. The quantitative estimate of drug-likeness (QED) is 0.613. The van der Waals surface area contributed by atoms with Crippen molar-refractivity contribution in [3.05, 3.63) is 30.2 Å². The second-order valence-electron chi connectivity index (χ2n) is 9.46. The van der Waals surface area contributed by atoms with Crippen LogP contribution in [0.4, 0.5) is 32.7 Å². The monoisotopic (exact) mass is 506 g/mol. The molecule has 0 spiro atoms. The number of carboxylic acid groups (broad SMARTS) is 1. The number of aromatic nitrogens is 3. The van der Waals surface area contributed by atoms with Gasteiger partial charge in [0.15, 0.2) is 11.5 Å². The van der Waals surface area contributed by atoms with Crippen LogP contribution in [-0.4, -0.2) is 112 Å². The van der Waals surface area contributed by atoms with Gasteiger partial charge in [-0.2, -0.15) is 5.26 Å². The van der Waals surface area contributed by atoms with Crippen molar-refractivity contribution in [2.45, 2.75) is 18.9 Å². The maximum absolute atomic E-state index is 12.5. The number of urea groups is 1. The van der Waals surface area contributed by atoms with Crippen molar-refractivity contribution >= 4 is 35.3 Å². The van der Waals surface area contributed by atoms with Crippen LogP contribution >= 0.6 is 0 Å². The fraction of sp³-hybridized carbons (Fsp3) is 0.500. The van der Waals surface area contributed by atoms with Gasteiger partial charge in [0.05, 0.1) is 24.1 Å².